The molecule has 0 aromatic heterocycles. The third-order valence-electron chi connectivity index (χ3n) is 3.11. The quantitative estimate of drug-likeness (QED) is 0.673. The Balaban J connectivity index is 2.65. The Morgan fingerprint density at radius 1 is 1.24 bits per heavy atom. The average molecular weight is 294 g/mol. The number of aliphatic hydroxyl groups is 1. The summed E-state index contributed by atoms with van der Waals surface area (Å²) in [7, 11) is 0. The maximum Gasteiger partial charge on any atom is 0.317 e. The van der Waals surface area contributed by atoms with Gasteiger partial charge in [0.25, 0.3) is 0 Å². The number of aliphatic hydroxyl groups excluding tert-OH is 1. The van der Waals surface area contributed by atoms with Gasteiger partial charge in [0, 0.05) is 19.6 Å². The van der Waals surface area contributed by atoms with Gasteiger partial charge in [0.15, 0.2) is 0 Å². The zero-order valence-electron chi connectivity index (χ0n) is 12.2. The van der Waals surface area contributed by atoms with Crippen LogP contribution in [-0.2, 0) is 4.79 Å². The molecule has 0 bridgehead atoms. The Kier molecular flexibility index (Phi) is 7.25. The fourth-order valence-corrected chi connectivity index (χ4v) is 2.04. The van der Waals surface area contributed by atoms with Gasteiger partial charge in [-0.3, -0.25) is 4.79 Å². The van der Waals surface area contributed by atoms with E-state index >= 15 is 0 Å². The highest BCUT2D eigenvalue weighted by Gasteiger charge is 2.21. The molecule has 0 radical (unpaired) electrons. The zero-order chi connectivity index (χ0) is 15.7. The molecule has 0 spiro atoms. The van der Waals surface area contributed by atoms with Gasteiger partial charge in [-0.05, 0) is 12.0 Å². The number of amides is 2. The molecule has 3 N–H and O–H groups in total. The lowest BCUT2D eigenvalue weighted by Gasteiger charge is -2.22. The van der Waals surface area contributed by atoms with Gasteiger partial charge < -0.3 is 20.4 Å². The van der Waals surface area contributed by atoms with Crippen molar-refractivity contribution in [2.24, 2.45) is 0 Å². The Labute approximate surface area is 124 Å². The van der Waals surface area contributed by atoms with E-state index in [4.69, 9.17) is 5.11 Å². The van der Waals surface area contributed by atoms with Crippen molar-refractivity contribution in [2.45, 2.75) is 19.3 Å². The molecular weight excluding hydrogens is 272 g/mol. The van der Waals surface area contributed by atoms with Crippen LogP contribution in [0.25, 0.3) is 0 Å². The summed E-state index contributed by atoms with van der Waals surface area (Å²) in [6.45, 7) is 2.60. The third-order valence-corrected chi connectivity index (χ3v) is 3.11. The van der Waals surface area contributed by atoms with Crippen molar-refractivity contribution in [1.29, 1.82) is 0 Å². The van der Waals surface area contributed by atoms with E-state index in [0.29, 0.717) is 12.1 Å². The maximum atomic E-state index is 12.0. The molecule has 6 nitrogen and oxygen atoms in total. The first-order valence-corrected chi connectivity index (χ1v) is 7.01. The monoisotopic (exact) mass is 294 g/mol. The lowest BCUT2D eigenvalue weighted by molar-refractivity contribution is -0.138. The molecule has 0 heterocycles. The Morgan fingerprint density at radius 3 is 2.43 bits per heavy atom. The zero-order valence-corrected chi connectivity index (χ0v) is 12.2. The smallest absolute Gasteiger partial charge is 0.317 e. The van der Waals surface area contributed by atoms with Crippen molar-refractivity contribution in [3.63, 3.8) is 0 Å². The molecule has 0 aliphatic carbocycles. The highest BCUT2D eigenvalue weighted by molar-refractivity contribution is 5.79. The molecular formula is C15H22N2O4. The van der Waals surface area contributed by atoms with Crippen LogP contribution < -0.4 is 5.32 Å². The van der Waals surface area contributed by atoms with Crippen LogP contribution in [0.4, 0.5) is 4.79 Å². The number of hydrogen-bond acceptors (Lipinski definition) is 3. The summed E-state index contributed by atoms with van der Waals surface area (Å²) in [5.74, 6) is -1.77. The molecule has 0 saturated carbocycles. The number of carboxylic acid groups (broad SMARTS) is 1. The van der Waals surface area contributed by atoms with Gasteiger partial charge in [0.2, 0.25) is 0 Å². The van der Waals surface area contributed by atoms with Gasteiger partial charge in [0.1, 0.15) is 0 Å². The van der Waals surface area contributed by atoms with Crippen LogP contribution in [0.3, 0.4) is 0 Å². The number of nitrogens with one attached hydrogen (secondary N) is 1. The lowest BCUT2D eigenvalue weighted by Crippen LogP contribution is -2.44. The molecule has 21 heavy (non-hydrogen) atoms. The summed E-state index contributed by atoms with van der Waals surface area (Å²) in [5.41, 5.74) is 0.648. The SMILES string of the molecule is CCCN(CCO)C(=O)NCC(C(=O)O)c1ccccc1. The van der Waals surface area contributed by atoms with E-state index in [-0.39, 0.29) is 25.7 Å². The molecule has 0 aliphatic heterocycles. The second kappa shape index (κ2) is 8.97. The first-order valence-electron chi connectivity index (χ1n) is 7.01. The van der Waals surface area contributed by atoms with Crippen molar-refractivity contribution in [2.75, 3.05) is 26.2 Å². The van der Waals surface area contributed by atoms with Crippen LogP contribution in [0.15, 0.2) is 30.3 Å². The first-order chi connectivity index (χ1) is 10.1. The molecule has 1 rings (SSSR count). The van der Waals surface area contributed by atoms with Crippen molar-refractivity contribution in [3.05, 3.63) is 35.9 Å². The summed E-state index contributed by atoms with van der Waals surface area (Å²) in [6, 6.07) is 8.44. The number of aliphatic carboxylic acids is 1. The summed E-state index contributed by atoms with van der Waals surface area (Å²) in [4.78, 5) is 24.8. The van der Waals surface area contributed by atoms with E-state index in [0.717, 1.165) is 6.42 Å². The minimum absolute atomic E-state index is 0.0177. The molecule has 2 amide bonds. The normalized spacial score (nSPS) is 11.7. The standard InChI is InChI=1S/C15H22N2O4/c1-2-8-17(9-10-18)15(21)16-11-13(14(19)20)12-6-4-3-5-7-12/h3-7,13,18H,2,8-11H2,1H3,(H,16,21)(H,19,20). The first kappa shape index (κ1) is 17.0. The van der Waals surface area contributed by atoms with Crippen molar-refractivity contribution in [3.8, 4) is 0 Å². The van der Waals surface area contributed by atoms with Crippen LogP contribution in [0, 0.1) is 0 Å². The van der Waals surface area contributed by atoms with Gasteiger partial charge >= 0.3 is 12.0 Å². The van der Waals surface area contributed by atoms with Gasteiger partial charge in [-0.15, -0.1) is 0 Å². The van der Waals surface area contributed by atoms with Crippen molar-refractivity contribution in [1.82, 2.24) is 10.2 Å². The van der Waals surface area contributed by atoms with Crippen LogP contribution >= 0.6 is 0 Å². The minimum Gasteiger partial charge on any atom is -0.481 e. The summed E-state index contributed by atoms with van der Waals surface area (Å²) < 4.78 is 0. The van der Waals surface area contributed by atoms with E-state index in [1.165, 1.54) is 4.90 Å². The van der Waals surface area contributed by atoms with E-state index in [9.17, 15) is 14.7 Å². The number of carbonyl (C=O) groups is 2. The number of urea groups is 1. The molecule has 1 aromatic carbocycles. The van der Waals surface area contributed by atoms with Gasteiger partial charge in [0.05, 0.1) is 12.5 Å². The fourth-order valence-electron chi connectivity index (χ4n) is 2.04. The summed E-state index contributed by atoms with van der Waals surface area (Å²) in [6.07, 6.45) is 0.772. The lowest BCUT2D eigenvalue weighted by atomic mass is 9.99. The van der Waals surface area contributed by atoms with E-state index in [1.807, 2.05) is 13.0 Å². The van der Waals surface area contributed by atoms with E-state index < -0.39 is 11.9 Å². The molecule has 116 valence electrons. The van der Waals surface area contributed by atoms with Crippen molar-refractivity contribution < 1.29 is 19.8 Å². The fraction of sp³-hybridized carbons (Fsp3) is 0.467. The maximum absolute atomic E-state index is 12.0. The number of nitrogens with zero attached hydrogens (tertiary/aromatic N) is 1. The topological polar surface area (TPSA) is 89.9 Å². The highest BCUT2D eigenvalue weighted by Crippen LogP contribution is 2.14. The van der Waals surface area contributed by atoms with Crippen LogP contribution in [0.5, 0.6) is 0 Å². The Bertz CT molecular complexity index is 444. The van der Waals surface area contributed by atoms with Crippen molar-refractivity contribution >= 4 is 12.0 Å². The largest absolute Gasteiger partial charge is 0.481 e. The van der Waals surface area contributed by atoms with Gasteiger partial charge in [-0.2, -0.15) is 0 Å². The number of rotatable bonds is 8. The number of hydrogen-bond donors (Lipinski definition) is 3. The number of carbonyl (C=O) groups excluding carboxylic acids is 1. The number of carboxylic acids is 1. The molecule has 1 atom stereocenters. The van der Waals surface area contributed by atoms with E-state index in [1.54, 1.807) is 24.3 Å². The second-order valence-electron chi connectivity index (χ2n) is 4.70. The third kappa shape index (κ3) is 5.43. The van der Waals surface area contributed by atoms with Gasteiger partial charge in [-0.25, -0.2) is 4.79 Å². The molecule has 6 heteroatoms. The van der Waals surface area contributed by atoms with Crippen LogP contribution in [0.2, 0.25) is 0 Å². The van der Waals surface area contributed by atoms with E-state index in [2.05, 4.69) is 5.32 Å². The average Bonchev–Trinajstić information content (AvgIpc) is 2.48. The van der Waals surface area contributed by atoms with Gasteiger partial charge in [-0.1, -0.05) is 37.3 Å². The predicted octanol–water partition coefficient (Wildman–Crippen LogP) is 1.27. The second-order valence-corrected chi connectivity index (χ2v) is 4.70. The van der Waals surface area contributed by atoms with Crippen LogP contribution in [-0.4, -0.2) is 53.4 Å². The summed E-state index contributed by atoms with van der Waals surface area (Å²) >= 11 is 0. The molecule has 0 fully saturated rings. The molecule has 0 aliphatic rings. The number of benzene rings is 1. The molecule has 1 aromatic rings. The van der Waals surface area contributed by atoms with Crippen LogP contribution in [0.1, 0.15) is 24.8 Å². The highest BCUT2D eigenvalue weighted by atomic mass is 16.4. The Hall–Kier alpha value is -2.08. The summed E-state index contributed by atoms with van der Waals surface area (Å²) in [5, 5.41) is 20.8. The minimum atomic E-state index is -0.981. The predicted molar refractivity (Wildman–Crippen MR) is 79.2 cm³/mol. The molecule has 0 saturated heterocycles. The Morgan fingerprint density at radius 2 is 1.90 bits per heavy atom. The molecule has 1 unspecified atom stereocenters.